The maximum absolute atomic E-state index is 13.8. The number of carbonyl (C=O) groups excluding carboxylic acids is 2. The Bertz CT molecular complexity index is 1400. The SMILES string of the molecule is CN[C@H](C(=O)N[C@H](C(O)N(C)[C@H](/C=C(\C)C(=O)NS(=O)(=O)c1ccc(N)cc1)C(C)C)C(C)(C)C)C(C)(C)c1ccccc1. The summed E-state index contributed by atoms with van der Waals surface area (Å²) in [5, 5.41) is 18.0. The molecule has 0 aliphatic carbocycles. The predicted octanol–water partition coefficient (Wildman–Crippen LogP) is 3.39. The summed E-state index contributed by atoms with van der Waals surface area (Å²) in [5.74, 6) is -1.12. The van der Waals surface area contributed by atoms with Crippen LogP contribution in [0.4, 0.5) is 5.69 Å². The van der Waals surface area contributed by atoms with Crippen molar-refractivity contribution in [2.24, 2.45) is 11.3 Å². The third kappa shape index (κ3) is 9.13. The molecule has 0 aromatic heterocycles. The van der Waals surface area contributed by atoms with E-state index in [0.29, 0.717) is 5.69 Å². The number of aliphatic hydroxyl groups is 1. The molecular formula is C33H51N5O5S. The number of benzene rings is 2. The highest BCUT2D eigenvalue weighted by Crippen LogP contribution is 2.30. The molecule has 2 rings (SSSR count). The number of nitrogens with one attached hydrogen (secondary N) is 3. The summed E-state index contributed by atoms with van der Waals surface area (Å²) in [6.07, 6.45) is 0.493. The molecule has 6 N–H and O–H groups in total. The van der Waals surface area contributed by atoms with Crippen molar-refractivity contribution in [1.82, 2.24) is 20.3 Å². The van der Waals surface area contributed by atoms with Gasteiger partial charge in [-0.2, -0.15) is 0 Å². The van der Waals surface area contributed by atoms with Gasteiger partial charge < -0.3 is 21.5 Å². The first-order valence-electron chi connectivity index (χ1n) is 14.8. The van der Waals surface area contributed by atoms with Gasteiger partial charge in [0.2, 0.25) is 5.91 Å². The van der Waals surface area contributed by atoms with Gasteiger partial charge in [-0.25, -0.2) is 13.1 Å². The summed E-state index contributed by atoms with van der Waals surface area (Å²) in [6.45, 7) is 15.2. The summed E-state index contributed by atoms with van der Waals surface area (Å²) in [4.78, 5) is 28.4. The van der Waals surface area contributed by atoms with Crippen molar-refractivity contribution < 1.29 is 23.1 Å². The fourth-order valence-corrected chi connectivity index (χ4v) is 6.28. The number of nitrogens with zero attached hydrogens (tertiary/aromatic N) is 1. The Morgan fingerprint density at radius 3 is 2.00 bits per heavy atom. The minimum atomic E-state index is -4.12. The standard InChI is InChI=1S/C33H51N5O5S/c1-21(2)26(20-22(3)29(39)37-44(42,43)25-18-16-24(34)17-19-25)38(10)31(41)28(32(4,5)6)36-30(40)27(35-9)33(7,8)23-14-12-11-13-15-23/h11-21,26-28,31,35,41H,34H2,1-10H3,(H,36,40)(H,37,39)/b22-20+/t26-,27-,28-,31?/m1/s1. The molecule has 11 heteroatoms. The number of anilines is 1. The van der Waals surface area contributed by atoms with Crippen LogP contribution >= 0.6 is 0 Å². The molecule has 0 saturated heterocycles. The third-order valence-corrected chi connectivity index (χ3v) is 9.43. The van der Waals surface area contributed by atoms with Crippen LogP contribution in [-0.2, 0) is 25.0 Å². The highest BCUT2D eigenvalue weighted by atomic mass is 32.2. The van der Waals surface area contributed by atoms with Gasteiger partial charge in [0.05, 0.1) is 17.0 Å². The van der Waals surface area contributed by atoms with Crippen molar-refractivity contribution in [2.45, 2.75) is 90.1 Å². The number of carbonyl (C=O) groups is 2. The van der Waals surface area contributed by atoms with Crippen LogP contribution in [0.5, 0.6) is 0 Å². The van der Waals surface area contributed by atoms with Crippen LogP contribution in [0.1, 0.15) is 61.0 Å². The molecule has 0 aliphatic rings. The number of hydrogen-bond acceptors (Lipinski definition) is 8. The average molecular weight is 630 g/mol. The van der Waals surface area contributed by atoms with E-state index in [1.807, 2.05) is 78.8 Å². The summed E-state index contributed by atoms with van der Waals surface area (Å²) in [5.41, 5.74) is 6.11. The van der Waals surface area contributed by atoms with Crippen molar-refractivity contribution >= 4 is 27.5 Å². The Kier molecular flexibility index (Phi) is 12.3. The van der Waals surface area contributed by atoms with Gasteiger partial charge >= 0.3 is 0 Å². The van der Waals surface area contributed by atoms with E-state index < -0.39 is 51.1 Å². The zero-order valence-electron chi connectivity index (χ0n) is 27.7. The summed E-state index contributed by atoms with van der Waals surface area (Å²) in [6, 6.07) is 13.5. The molecule has 0 spiro atoms. The second-order valence-electron chi connectivity index (χ2n) is 13.3. The van der Waals surface area contributed by atoms with Gasteiger partial charge in [0.1, 0.15) is 6.23 Å². The van der Waals surface area contributed by atoms with E-state index in [1.54, 1.807) is 25.1 Å². The average Bonchev–Trinajstić information content (AvgIpc) is 2.93. The van der Waals surface area contributed by atoms with Crippen LogP contribution < -0.4 is 21.1 Å². The van der Waals surface area contributed by atoms with E-state index in [4.69, 9.17) is 5.73 Å². The molecule has 4 atom stereocenters. The maximum Gasteiger partial charge on any atom is 0.264 e. The first kappa shape index (κ1) is 36.9. The molecule has 0 bridgehead atoms. The van der Waals surface area contributed by atoms with E-state index >= 15 is 0 Å². The molecule has 2 aromatic rings. The Labute approximate surface area is 263 Å². The fourth-order valence-electron chi connectivity index (χ4n) is 5.26. The zero-order chi connectivity index (χ0) is 33.6. The van der Waals surface area contributed by atoms with Gasteiger partial charge in [-0.05, 0) is 62.2 Å². The van der Waals surface area contributed by atoms with Crippen LogP contribution in [0.15, 0.2) is 71.1 Å². The zero-order valence-corrected chi connectivity index (χ0v) is 28.5. The largest absolute Gasteiger partial charge is 0.399 e. The highest BCUT2D eigenvalue weighted by Gasteiger charge is 2.41. The number of likely N-dealkylation sites (N-methyl/N-ethyl adjacent to an activating group) is 2. The first-order valence-corrected chi connectivity index (χ1v) is 16.3. The van der Waals surface area contributed by atoms with Gasteiger partial charge in [-0.15, -0.1) is 0 Å². The Hall–Kier alpha value is -3.25. The van der Waals surface area contributed by atoms with E-state index in [-0.39, 0.29) is 22.3 Å². The fraction of sp³-hybridized carbons (Fsp3) is 0.515. The Balaban J connectivity index is 2.32. The number of amides is 2. The molecule has 0 radical (unpaired) electrons. The molecular weight excluding hydrogens is 578 g/mol. The number of nitrogen functional groups attached to an aromatic ring is 1. The van der Waals surface area contributed by atoms with Crippen molar-refractivity contribution in [3.05, 3.63) is 71.8 Å². The minimum absolute atomic E-state index is 0.0792. The van der Waals surface area contributed by atoms with Gasteiger partial charge in [-0.3, -0.25) is 14.5 Å². The summed E-state index contributed by atoms with van der Waals surface area (Å²) in [7, 11) is -0.656. The van der Waals surface area contributed by atoms with Crippen molar-refractivity contribution in [3.63, 3.8) is 0 Å². The van der Waals surface area contributed by atoms with Gasteiger partial charge in [0, 0.05) is 22.7 Å². The lowest BCUT2D eigenvalue weighted by Crippen LogP contribution is -2.63. The van der Waals surface area contributed by atoms with Crippen LogP contribution in [0.25, 0.3) is 0 Å². The number of sulfonamides is 1. The first-order chi connectivity index (χ1) is 20.2. The number of aliphatic hydroxyl groups excluding tert-OH is 1. The molecule has 0 fully saturated rings. The molecule has 2 amide bonds. The lowest BCUT2D eigenvalue weighted by atomic mass is 9.76. The molecule has 0 saturated carbocycles. The monoisotopic (exact) mass is 629 g/mol. The Morgan fingerprint density at radius 2 is 1.52 bits per heavy atom. The van der Waals surface area contributed by atoms with Crippen LogP contribution in [0, 0.1) is 11.3 Å². The van der Waals surface area contributed by atoms with Crippen molar-refractivity contribution in [1.29, 1.82) is 0 Å². The second-order valence-corrected chi connectivity index (χ2v) is 15.0. The van der Waals surface area contributed by atoms with E-state index in [2.05, 4.69) is 15.4 Å². The molecule has 44 heavy (non-hydrogen) atoms. The number of nitrogens with two attached hydrogens (primary N) is 1. The van der Waals surface area contributed by atoms with Crippen LogP contribution in [0.3, 0.4) is 0 Å². The quantitative estimate of drug-likeness (QED) is 0.128. The lowest BCUT2D eigenvalue weighted by molar-refractivity contribution is -0.130. The van der Waals surface area contributed by atoms with Crippen molar-refractivity contribution in [2.75, 3.05) is 19.8 Å². The Morgan fingerprint density at radius 1 is 0.977 bits per heavy atom. The molecule has 1 unspecified atom stereocenters. The molecule has 244 valence electrons. The van der Waals surface area contributed by atoms with Gasteiger partial charge in [-0.1, -0.05) is 84.9 Å². The maximum atomic E-state index is 13.8. The molecule has 2 aromatic carbocycles. The molecule has 10 nitrogen and oxygen atoms in total. The van der Waals surface area contributed by atoms with Gasteiger partial charge in [0.15, 0.2) is 0 Å². The predicted molar refractivity (Wildman–Crippen MR) is 176 cm³/mol. The normalized spacial score (nSPS) is 15.9. The van der Waals surface area contributed by atoms with E-state index in [1.165, 1.54) is 31.2 Å². The molecule has 0 aliphatic heterocycles. The van der Waals surface area contributed by atoms with E-state index in [0.717, 1.165) is 5.56 Å². The third-order valence-electron chi connectivity index (χ3n) is 8.09. The topological polar surface area (TPSA) is 154 Å². The minimum Gasteiger partial charge on any atom is -0.399 e. The molecule has 0 heterocycles. The van der Waals surface area contributed by atoms with Crippen LogP contribution in [-0.4, -0.2) is 68.7 Å². The van der Waals surface area contributed by atoms with Crippen LogP contribution in [0.2, 0.25) is 0 Å². The number of hydrogen-bond donors (Lipinski definition) is 5. The summed E-state index contributed by atoms with van der Waals surface area (Å²) >= 11 is 0. The van der Waals surface area contributed by atoms with E-state index in [9.17, 15) is 23.1 Å². The van der Waals surface area contributed by atoms with Gasteiger partial charge in [0.25, 0.3) is 15.9 Å². The van der Waals surface area contributed by atoms with Crippen molar-refractivity contribution in [3.8, 4) is 0 Å². The smallest absolute Gasteiger partial charge is 0.264 e. The number of rotatable bonds is 13. The highest BCUT2D eigenvalue weighted by molar-refractivity contribution is 7.90. The summed E-state index contributed by atoms with van der Waals surface area (Å²) < 4.78 is 27.6. The second kappa shape index (κ2) is 14.7. The lowest BCUT2D eigenvalue weighted by Gasteiger charge is -2.43.